The van der Waals surface area contributed by atoms with Gasteiger partial charge in [0.15, 0.2) is 0 Å². The second-order valence-electron chi connectivity index (χ2n) is 5.89. The molecule has 2 aromatic carbocycles. The number of hydrogen-bond acceptors (Lipinski definition) is 4. The maximum atomic E-state index is 12.9. The van der Waals surface area contributed by atoms with Crippen molar-refractivity contribution in [1.29, 1.82) is 0 Å². The van der Waals surface area contributed by atoms with Crippen molar-refractivity contribution in [2.45, 2.75) is 12.5 Å². The Kier molecular flexibility index (Phi) is 6.22. The number of ether oxygens (including phenoxy) is 1. The van der Waals surface area contributed by atoms with Crippen LogP contribution in [-0.4, -0.2) is 18.9 Å². The highest BCUT2D eigenvalue weighted by molar-refractivity contribution is 7.10. The van der Waals surface area contributed by atoms with Gasteiger partial charge in [0.2, 0.25) is 5.91 Å². The quantitative estimate of drug-likeness (QED) is 0.655. The zero-order valence-electron chi connectivity index (χ0n) is 14.8. The predicted molar refractivity (Wildman–Crippen MR) is 107 cm³/mol. The average Bonchev–Trinajstić information content (AvgIpc) is 3.20. The highest BCUT2D eigenvalue weighted by Gasteiger charge is 2.23. The van der Waals surface area contributed by atoms with Gasteiger partial charge in [-0.05, 0) is 41.3 Å². The summed E-state index contributed by atoms with van der Waals surface area (Å²) in [6, 6.07) is 19.3. The summed E-state index contributed by atoms with van der Waals surface area (Å²) < 4.78 is 5.12. The fourth-order valence-electron chi connectivity index (χ4n) is 2.62. The minimum absolute atomic E-state index is 0.198. The summed E-state index contributed by atoms with van der Waals surface area (Å²) in [7, 11) is 1.59. The molecule has 0 aliphatic rings. The summed E-state index contributed by atoms with van der Waals surface area (Å²) in [5.41, 5.74) is 1.36. The van der Waals surface area contributed by atoms with Crippen molar-refractivity contribution in [2.24, 2.45) is 0 Å². The molecule has 2 amide bonds. The van der Waals surface area contributed by atoms with E-state index in [1.165, 1.54) is 11.3 Å². The van der Waals surface area contributed by atoms with Crippen LogP contribution in [0, 0.1) is 0 Å². The van der Waals surface area contributed by atoms with Crippen LogP contribution >= 0.6 is 11.3 Å². The Balaban J connectivity index is 1.74. The second-order valence-corrected chi connectivity index (χ2v) is 6.92. The molecule has 0 spiro atoms. The number of hydrogen-bond donors (Lipinski definition) is 2. The number of anilines is 1. The SMILES string of the molecule is COc1ccc(NC(=O)[C@@H](NC(=O)Cc2cccs2)c2ccccc2)cc1. The Labute approximate surface area is 162 Å². The Morgan fingerprint density at radius 1 is 1.00 bits per heavy atom. The van der Waals surface area contributed by atoms with Gasteiger partial charge in [0.05, 0.1) is 13.5 Å². The number of carbonyl (C=O) groups is 2. The molecule has 0 fully saturated rings. The van der Waals surface area contributed by atoms with Crippen molar-refractivity contribution in [3.63, 3.8) is 0 Å². The number of amides is 2. The fourth-order valence-corrected chi connectivity index (χ4v) is 3.32. The molecule has 0 bridgehead atoms. The van der Waals surface area contributed by atoms with E-state index in [0.29, 0.717) is 11.4 Å². The molecule has 0 aliphatic heterocycles. The number of methoxy groups -OCH3 is 1. The molecule has 0 saturated carbocycles. The molecular weight excluding hydrogens is 360 g/mol. The van der Waals surface area contributed by atoms with E-state index in [2.05, 4.69) is 10.6 Å². The van der Waals surface area contributed by atoms with E-state index in [-0.39, 0.29) is 18.2 Å². The third-order valence-corrected chi connectivity index (χ3v) is 4.85. The number of benzene rings is 2. The molecule has 6 heteroatoms. The number of rotatable bonds is 7. The Morgan fingerprint density at radius 2 is 1.74 bits per heavy atom. The normalized spacial score (nSPS) is 11.4. The van der Waals surface area contributed by atoms with Gasteiger partial charge < -0.3 is 15.4 Å². The van der Waals surface area contributed by atoms with Crippen molar-refractivity contribution in [3.8, 4) is 5.75 Å². The maximum Gasteiger partial charge on any atom is 0.251 e. The Morgan fingerprint density at radius 3 is 2.37 bits per heavy atom. The predicted octanol–water partition coefficient (Wildman–Crippen LogP) is 3.80. The van der Waals surface area contributed by atoms with Gasteiger partial charge in [-0.15, -0.1) is 11.3 Å². The topological polar surface area (TPSA) is 67.4 Å². The molecule has 0 unspecified atom stereocenters. The van der Waals surface area contributed by atoms with Gasteiger partial charge >= 0.3 is 0 Å². The number of nitrogens with one attached hydrogen (secondary N) is 2. The first kappa shape index (κ1) is 18.7. The van der Waals surface area contributed by atoms with Crippen LogP contribution in [0.15, 0.2) is 72.1 Å². The van der Waals surface area contributed by atoms with E-state index < -0.39 is 6.04 Å². The van der Waals surface area contributed by atoms with E-state index in [1.807, 2.05) is 47.8 Å². The minimum atomic E-state index is -0.777. The second kappa shape index (κ2) is 9.00. The molecule has 1 heterocycles. The standard InChI is InChI=1S/C21H20N2O3S/c1-26-17-11-9-16(10-12-17)22-21(25)20(15-6-3-2-4-7-15)23-19(24)14-18-8-5-13-27-18/h2-13,20H,14H2,1H3,(H,22,25)(H,23,24)/t20-/m0/s1. The van der Waals surface area contributed by atoms with Crippen molar-refractivity contribution >= 4 is 28.8 Å². The molecule has 3 aromatic rings. The average molecular weight is 380 g/mol. The van der Waals surface area contributed by atoms with Crippen molar-refractivity contribution < 1.29 is 14.3 Å². The molecule has 3 rings (SSSR count). The lowest BCUT2D eigenvalue weighted by Crippen LogP contribution is -2.37. The van der Waals surface area contributed by atoms with Gasteiger partial charge in [-0.2, -0.15) is 0 Å². The van der Waals surface area contributed by atoms with Gasteiger partial charge in [-0.1, -0.05) is 36.4 Å². The number of carbonyl (C=O) groups excluding carboxylic acids is 2. The summed E-state index contributed by atoms with van der Waals surface area (Å²) in [4.78, 5) is 26.2. The van der Waals surface area contributed by atoms with Gasteiger partial charge in [0, 0.05) is 10.6 Å². The summed E-state index contributed by atoms with van der Waals surface area (Å²) in [6.07, 6.45) is 0.247. The summed E-state index contributed by atoms with van der Waals surface area (Å²) in [6.45, 7) is 0. The largest absolute Gasteiger partial charge is 0.497 e. The lowest BCUT2D eigenvalue weighted by Gasteiger charge is -2.19. The van der Waals surface area contributed by atoms with Gasteiger partial charge in [-0.3, -0.25) is 9.59 Å². The Bertz CT molecular complexity index is 878. The molecule has 0 saturated heterocycles. The zero-order chi connectivity index (χ0) is 19.1. The maximum absolute atomic E-state index is 12.9. The summed E-state index contributed by atoms with van der Waals surface area (Å²) in [5.74, 6) is 0.207. The van der Waals surface area contributed by atoms with Crippen molar-refractivity contribution in [3.05, 3.63) is 82.6 Å². The Hall–Kier alpha value is -3.12. The van der Waals surface area contributed by atoms with Gasteiger partial charge in [-0.25, -0.2) is 0 Å². The van der Waals surface area contributed by atoms with E-state index in [9.17, 15) is 9.59 Å². The van der Waals surface area contributed by atoms with Crippen LogP contribution in [0.25, 0.3) is 0 Å². The summed E-state index contributed by atoms with van der Waals surface area (Å²) >= 11 is 1.52. The van der Waals surface area contributed by atoms with Crippen LogP contribution in [0.3, 0.4) is 0 Å². The highest BCUT2D eigenvalue weighted by atomic mass is 32.1. The molecule has 1 aromatic heterocycles. The van der Waals surface area contributed by atoms with Crippen molar-refractivity contribution in [1.82, 2.24) is 5.32 Å². The summed E-state index contributed by atoms with van der Waals surface area (Å²) in [5, 5.41) is 7.62. The third-order valence-electron chi connectivity index (χ3n) is 3.97. The van der Waals surface area contributed by atoms with Crippen LogP contribution < -0.4 is 15.4 Å². The monoisotopic (exact) mass is 380 g/mol. The van der Waals surface area contributed by atoms with Gasteiger partial charge in [0.25, 0.3) is 5.91 Å². The smallest absolute Gasteiger partial charge is 0.251 e. The molecule has 0 radical (unpaired) electrons. The van der Waals surface area contributed by atoms with Crippen LogP contribution in [-0.2, 0) is 16.0 Å². The molecule has 27 heavy (non-hydrogen) atoms. The van der Waals surface area contributed by atoms with Crippen LogP contribution in [0.4, 0.5) is 5.69 Å². The molecule has 0 aliphatic carbocycles. The molecule has 5 nitrogen and oxygen atoms in total. The lowest BCUT2D eigenvalue weighted by atomic mass is 10.1. The van der Waals surface area contributed by atoms with E-state index >= 15 is 0 Å². The van der Waals surface area contributed by atoms with E-state index in [0.717, 1.165) is 10.4 Å². The first-order valence-corrected chi connectivity index (χ1v) is 9.35. The van der Waals surface area contributed by atoms with Crippen molar-refractivity contribution in [2.75, 3.05) is 12.4 Å². The van der Waals surface area contributed by atoms with Gasteiger partial charge in [0.1, 0.15) is 11.8 Å². The third kappa shape index (κ3) is 5.18. The highest BCUT2D eigenvalue weighted by Crippen LogP contribution is 2.19. The van der Waals surface area contributed by atoms with E-state index in [1.54, 1.807) is 31.4 Å². The number of thiophene rings is 1. The molecule has 2 N–H and O–H groups in total. The molecule has 138 valence electrons. The van der Waals surface area contributed by atoms with E-state index in [4.69, 9.17) is 4.74 Å². The van der Waals surface area contributed by atoms with Crippen LogP contribution in [0.2, 0.25) is 0 Å². The first-order valence-electron chi connectivity index (χ1n) is 8.47. The molecule has 1 atom stereocenters. The fraction of sp³-hybridized carbons (Fsp3) is 0.143. The lowest BCUT2D eigenvalue weighted by molar-refractivity contribution is -0.126. The van der Waals surface area contributed by atoms with Crippen LogP contribution in [0.5, 0.6) is 5.75 Å². The minimum Gasteiger partial charge on any atom is -0.497 e. The first-order chi connectivity index (χ1) is 13.2. The van der Waals surface area contributed by atoms with Crippen LogP contribution in [0.1, 0.15) is 16.5 Å². The molecular formula is C21H20N2O3S. The zero-order valence-corrected chi connectivity index (χ0v) is 15.7.